The molecule has 1 aromatic carbocycles. The van der Waals surface area contributed by atoms with Gasteiger partial charge in [-0.2, -0.15) is 0 Å². The lowest BCUT2D eigenvalue weighted by molar-refractivity contribution is 0.0697. The van der Waals surface area contributed by atoms with Gasteiger partial charge in [0.15, 0.2) is 4.96 Å². The number of anilines is 1. The first-order valence-electron chi connectivity index (χ1n) is 6.55. The van der Waals surface area contributed by atoms with E-state index in [9.17, 15) is 4.79 Å². The van der Waals surface area contributed by atoms with Crippen molar-refractivity contribution in [3.8, 4) is 0 Å². The largest absolute Gasteiger partial charge is 0.478 e. The third-order valence-electron chi connectivity index (χ3n) is 3.49. The van der Waals surface area contributed by atoms with Crippen LogP contribution in [0.5, 0.6) is 0 Å². The van der Waals surface area contributed by atoms with E-state index in [1.165, 1.54) is 0 Å². The van der Waals surface area contributed by atoms with E-state index in [1.807, 2.05) is 31.5 Å². The number of carboxylic acid groups (broad SMARTS) is 1. The molecule has 3 rings (SSSR count). The lowest BCUT2D eigenvalue weighted by atomic mass is 10.1. The molecule has 5 nitrogen and oxygen atoms in total. The Morgan fingerprint density at radius 1 is 1.43 bits per heavy atom. The average molecular weight is 301 g/mol. The van der Waals surface area contributed by atoms with Crippen LogP contribution in [0.3, 0.4) is 0 Å². The fraction of sp³-hybridized carbons (Fsp3) is 0.200. The number of carboxylic acids is 1. The Bertz CT molecular complexity index is 820. The van der Waals surface area contributed by atoms with Crippen molar-refractivity contribution in [3.05, 3.63) is 52.3 Å². The maximum atomic E-state index is 11.1. The minimum atomic E-state index is -0.918. The number of hydrogen-bond acceptors (Lipinski definition) is 4. The van der Waals surface area contributed by atoms with Crippen molar-refractivity contribution in [1.29, 1.82) is 0 Å². The molecule has 21 heavy (non-hydrogen) atoms. The number of thiazole rings is 1. The van der Waals surface area contributed by atoms with E-state index in [1.54, 1.807) is 23.5 Å². The quantitative estimate of drug-likeness (QED) is 0.775. The Morgan fingerprint density at radius 2 is 2.24 bits per heavy atom. The molecule has 0 saturated heterocycles. The summed E-state index contributed by atoms with van der Waals surface area (Å²) in [6, 6.07) is 5.10. The second-order valence-electron chi connectivity index (χ2n) is 4.89. The van der Waals surface area contributed by atoms with Gasteiger partial charge < -0.3 is 10.4 Å². The molecule has 108 valence electrons. The van der Waals surface area contributed by atoms with Crippen molar-refractivity contribution < 1.29 is 9.90 Å². The van der Waals surface area contributed by atoms with E-state index < -0.39 is 5.97 Å². The van der Waals surface area contributed by atoms with Gasteiger partial charge in [-0.1, -0.05) is 6.07 Å². The Morgan fingerprint density at radius 3 is 3.00 bits per heavy atom. The molecule has 0 unspecified atom stereocenters. The molecule has 3 aromatic rings. The number of aromatic nitrogens is 2. The molecule has 0 aliphatic rings. The highest BCUT2D eigenvalue weighted by molar-refractivity contribution is 7.15. The molecule has 0 bridgehead atoms. The average Bonchev–Trinajstić information content (AvgIpc) is 2.99. The number of nitrogens with one attached hydrogen (secondary N) is 1. The maximum absolute atomic E-state index is 11.1. The second kappa shape index (κ2) is 5.21. The molecule has 0 atom stereocenters. The number of rotatable bonds is 4. The molecule has 6 heteroatoms. The number of fused-ring (bicyclic) bond motifs is 1. The molecule has 0 spiro atoms. The van der Waals surface area contributed by atoms with Crippen LogP contribution in [-0.4, -0.2) is 20.5 Å². The van der Waals surface area contributed by atoms with Crippen LogP contribution >= 0.6 is 11.3 Å². The Labute approximate surface area is 125 Å². The first-order valence-corrected chi connectivity index (χ1v) is 7.43. The van der Waals surface area contributed by atoms with Crippen LogP contribution in [0.25, 0.3) is 4.96 Å². The zero-order valence-corrected chi connectivity index (χ0v) is 12.6. The topological polar surface area (TPSA) is 66.6 Å². The fourth-order valence-electron chi connectivity index (χ4n) is 2.28. The number of imidazole rings is 1. The van der Waals surface area contributed by atoms with Gasteiger partial charge in [-0.25, -0.2) is 9.78 Å². The second-order valence-corrected chi connectivity index (χ2v) is 5.76. The number of aromatic carboxylic acids is 1. The molecule has 2 aromatic heterocycles. The van der Waals surface area contributed by atoms with Gasteiger partial charge in [0, 0.05) is 17.3 Å². The van der Waals surface area contributed by atoms with E-state index in [4.69, 9.17) is 5.11 Å². The Kier molecular flexibility index (Phi) is 3.39. The summed E-state index contributed by atoms with van der Waals surface area (Å²) in [5, 5.41) is 14.4. The fourth-order valence-corrected chi connectivity index (χ4v) is 3.06. The van der Waals surface area contributed by atoms with Gasteiger partial charge >= 0.3 is 5.97 Å². The molecule has 0 aliphatic heterocycles. The first-order chi connectivity index (χ1) is 10.1. The van der Waals surface area contributed by atoms with Crippen molar-refractivity contribution in [2.75, 3.05) is 5.32 Å². The van der Waals surface area contributed by atoms with Crippen LogP contribution in [0, 0.1) is 13.8 Å². The molecule has 2 N–H and O–H groups in total. The number of aryl methyl sites for hydroxylation is 2. The Hall–Kier alpha value is -2.34. The van der Waals surface area contributed by atoms with Crippen LogP contribution in [0.15, 0.2) is 29.8 Å². The van der Waals surface area contributed by atoms with Crippen LogP contribution in [0.1, 0.15) is 27.3 Å². The summed E-state index contributed by atoms with van der Waals surface area (Å²) < 4.78 is 2.06. The van der Waals surface area contributed by atoms with Gasteiger partial charge in [0.2, 0.25) is 0 Å². The van der Waals surface area contributed by atoms with E-state index in [2.05, 4.69) is 14.7 Å². The summed E-state index contributed by atoms with van der Waals surface area (Å²) in [6.07, 6.45) is 2.00. The predicted molar refractivity (Wildman–Crippen MR) is 83.3 cm³/mol. The van der Waals surface area contributed by atoms with Crippen LogP contribution < -0.4 is 5.32 Å². The van der Waals surface area contributed by atoms with Gasteiger partial charge in [0.05, 0.1) is 23.5 Å². The number of benzene rings is 1. The van der Waals surface area contributed by atoms with Crippen molar-refractivity contribution in [2.45, 2.75) is 20.4 Å². The number of carbonyl (C=O) groups is 1. The number of hydrogen-bond donors (Lipinski definition) is 2. The van der Waals surface area contributed by atoms with E-state index in [-0.39, 0.29) is 5.56 Å². The third-order valence-corrected chi connectivity index (χ3v) is 4.25. The van der Waals surface area contributed by atoms with Crippen molar-refractivity contribution in [1.82, 2.24) is 9.38 Å². The lowest BCUT2D eigenvalue weighted by Crippen LogP contribution is -2.06. The van der Waals surface area contributed by atoms with Crippen LogP contribution in [-0.2, 0) is 6.54 Å². The highest BCUT2D eigenvalue weighted by atomic mass is 32.1. The van der Waals surface area contributed by atoms with Crippen LogP contribution in [0.2, 0.25) is 0 Å². The molecule has 0 radical (unpaired) electrons. The van der Waals surface area contributed by atoms with Gasteiger partial charge in [-0.3, -0.25) is 4.40 Å². The molecule has 0 saturated carbocycles. The van der Waals surface area contributed by atoms with Crippen molar-refractivity contribution in [3.63, 3.8) is 0 Å². The summed E-state index contributed by atoms with van der Waals surface area (Å²) in [5.41, 5.74) is 4.21. The van der Waals surface area contributed by atoms with Crippen molar-refractivity contribution in [2.24, 2.45) is 0 Å². The molecule has 2 heterocycles. The molecule has 0 aliphatic carbocycles. The summed E-state index contributed by atoms with van der Waals surface area (Å²) in [7, 11) is 0. The van der Waals surface area contributed by atoms with E-state index in [0.29, 0.717) is 6.54 Å². The van der Waals surface area contributed by atoms with Gasteiger partial charge in [0.1, 0.15) is 0 Å². The maximum Gasteiger partial charge on any atom is 0.335 e. The summed E-state index contributed by atoms with van der Waals surface area (Å²) in [4.78, 5) is 16.5. The third kappa shape index (κ3) is 2.50. The molecule has 0 amide bonds. The lowest BCUT2D eigenvalue weighted by Gasteiger charge is -2.10. The highest BCUT2D eigenvalue weighted by Gasteiger charge is 2.11. The predicted octanol–water partition coefficient (Wildman–Crippen LogP) is 3.32. The molecular formula is C15H15N3O2S. The Balaban J connectivity index is 1.87. The van der Waals surface area contributed by atoms with Gasteiger partial charge in [-0.15, -0.1) is 11.3 Å². The van der Waals surface area contributed by atoms with Gasteiger partial charge in [0.25, 0.3) is 0 Å². The van der Waals surface area contributed by atoms with Gasteiger partial charge in [-0.05, 0) is 31.5 Å². The monoisotopic (exact) mass is 301 g/mol. The molecular weight excluding hydrogens is 286 g/mol. The zero-order chi connectivity index (χ0) is 15.0. The minimum absolute atomic E-state index is 0.286. The van der Waals surface area contributed by atoms with E-state index in [0.717, 1.165) is 27.6 Å². The summed E-state index contributed by atoms with van der Waals surface area (Å²) in [6.45, 7) is 4.54. The highest BCUT2D eigenvalue weighted by Crippen LogP contribution is 2.21. The van der Waals surface area contributed by atoms with Crippen LogP contribution in [0.4, 0.5) is 5.69 Å². The minimum Gasteiger partial charge on any atom is -0.478 e. The normalized spacial score (nSPS) is 11.0. The number of nitrogens with zero attached hydrogens (tertiary/aromatic N) is 2. The summed E-state index contributed by atoms with van der Waals surface area (Å²) >= 11 is 1.60. The summed E-state index contributed by atoms with van der Waals surface area (Å²) in [5.74, 6) is -0.918. The standard InChI is InChI=1S/C15H15N3O2S/c1-9-3-4-11(14(19)20)7-12(9)16-8-13-10(2)17-15-18(13)5-6-21-15/h3-7,16H,8H2,1-2H3,(H,19,20). The van der Waals surface area contributed by atoms with E-state index >= 15 is 0 Å². The smallest absolute Gasteiger partial charge is 0.335 e. The first kappa shape index (κ1) is 13.6. The molecule has 0 fully saturated rings. The SMILES string of the molecule is Cc1ccc(C(=O)O)cc1NCc1c(C)nc2sccn12. The zero-order valence-electron chi connectivity index (χ0n) is 11.8. The van der Waals surface area contributed by atoms with Crippen molar-refractivity contribution >= 4 is 28.0 Å².